The lowest BCUT2D eigenvalue weighted by Crippen LogP contribution is -2.35. The number of pyridine rings is 1. The maximum atomic E-state index is 10.5. The van der Waals surface area contributed by atoms with Crippen LogP contribution in [0.5, 0.6) is 0 Å². The van der Waals surface area contributed by atoms with Crippen molar-refractivity contribution in [2.75, 3.05) is 13.1 Å². The second kappa shape index (κ2) is 7.23. The summed E-state index contributed by atoms with van der Waals surface area (Å²) in [5.74, 6) is 1.41. The predicted octanol–water partition coefficient (Wildman–Crippen LogP) is 3.14. The maximum Gasteiger partial charge on any atom is 0.196 e. The van der Waals surface area contributed by atoms with Gasteiger partial charge in [-0.05, 0) is 44.0 Å². The van der Waals surface area contributed by atoms with Gasteiger partial charge in [0.25, 0.3) is 0 Å². The number of aliphatic hydroxyl groups is 1. The van der Waals surface area contributed by atoms with Gasteiger partial charge in [0, 0.05) is 18.7 Å². The first-order valence-electron chi connectivity index (χ1n) is 8.39. The average Bonchev–Trinajstić information content (AvgIpc) is 3.04. The van der Waals surface area contributed by atoms with Crippen molar-refractivity contribution in [1.82, 2.24) is 14.9 Å². The molecule has 3 heterocycles. The van der Waals surface area contributed by atoms with E-state index in [-0.39, 0.29) is 5.92 Å². The Balaban J connectivity index is 1.52. The molecule has 0 aromatic carbocycles. The zero-order valence-electron chi connectivity index (χ0n) is 13.9. The van der Waals surface area contributed by atoms with E-state index in [2.05, 4.69) is 28.7 Å². The van der Waals surface area contributed by atoms with E-state index in [0.29, 0.717) is 5.92 Å². The molecule has 1 saturated heterocycles. The Kier molecular flexibility index (Phi) is 5.08. The van der Waals surface area contributed by atoms with E-state index in [4.69, 9.17) is 4.42 Å². The van der Waals surface area contributed by atoms with E-state index < -0.39 is 6.10 Å². The van der Waals surface area contributed by atoms with Gasteiger partial charge < -0.3 is 9.52 Å². The third-order valence-electron chi connectivity index (χ3n) is 4.52. The Morgan fingerprint density at radius 1 is 1.30 bits per heavy atom. The van der Waals surface area contributed by atoms with Crippen LogP contribution in [0.25, 0.3) is 0 Å². The van der Waals surface area contributed by atoms with E-state index in [0.717, 1.165) is 49.8 Å². The van der Waals surface area contributed by atoms with Gasteiger partial charge in [-0.1, -0.05) is 19.9 Å². The Hall–Kier alpha value is -1.72. The molecule has 3 rings (SSSR count). The first-order chi connectivity index (χ1) is 11.1. The molecular formula is C18H25N3O2. The molecule has 23 heavy (non-hydrogen) atoms. The lowest BCUT2D eigenvalue weighted by atomic mass is 9.89. The summed E-state index contributed by atoms with van der Waals surface area (Å²) in [6, 6.07) is 5.71. The van der Waals surface area contributed by atoms with Crippen LogP contribution in [0.3, 0.4) is 0 Å². The minimum atomic E-state index is -0.460. The van der Waals surface area contributed by atoms with E-state index in [1.54, 1.807) is 12.5 Å². The second-order valence-electron chi connectivity index (χ2n) is 6.64. The second-order valence-corrected chi connectivity index (χ2v) is 6.64. The van der Waals surface area contributed by atoms with Crippen molar-refractivity contribution in [3.05, 3.63) is 47.9 Å². The monoisotopic (exact) mass is 315 g/mol. The van der Waals surface area contributed by atoms with E-state index in [1.165, 1.54) is 0 Å². The molecule has 1 fully saturated rings. The highest BCUT2D eigenvalue weighted by molar-refractivity contribution is 5.08. The normalized spacial score (nSPS) is 18.4. The van der Waals surface area contributed by atoms with Crippen molar-refractivity contribution < 1.29 is 9.52 Å². The highest BCUT2D eigenvalue weighted by atomic mass is 16.3. The molecule has 1 aliphatic rings. The van der Waals surface area contributed by atoms with Crippen LogP contribution in [0, 0.1) is 5.92 Å². The van der Waals surface area contributed by atoms with Crippen molar-refractivity contribution in [2.24, 2.45) is 5.92 Å². The summed E-state index contributed by atoms with van der Waals surface area (Å²) in [6.07, 6.45) is 5.01. The van der Waals surface area contributed by atoms with Crippen LogP contribution in [0.15, 0.2) is 35.1 Å². The van der Waals surface area contributed by atoms with Crippen LogP contribution in [-0.4, -0.2) is 33.1 Å². The van der Waals surface area contributed by atoms with Gasteiger partial charge in [0.2, 0.25) is 0 Å². The van der Waals surface area contributed by atoms with Gasteiger partial charge in [-0.25, -0.2) is 4.98 Å². The lowest BCUT2D eigenvalue weighted by molar-refractivity contribution is 0.0536. The number of piperidine rings is 1. The maximum absolute atomic E-state index is 10.5. The van der Waals surface area contributed by atoms with Crippen LogP contribution in [-0.2, 0) is 6.54 Å². The molecule has 0 aliphatic carbocycles. The predicted molar refractivity (Wildman–Crippen MR) is 87.8 cm³/mol. The van der Waals surface area contributed by atoms with Crippen molar-refractivity contribution in [3.63, 3.8) is 0 Å². The van der Waals surface area contributed by atoms with Crippen molar-refractivity contribution in [2.45, 2.75) is 45.3 Å². The Morgan fingerprint density at radius 3 is 2.70 bits per heavy atom. The van der Waals surface area contributed by atoms with Gasteiger partial charge in [0.15, 0.2) is 5.89 Å². The molecule has 0 radical (unpaired) electrons. The average molecular weight is 315 g/mol. The topological polar surface area (TPSA) is 62.4 Å². The van der Waals surface area contributed by atoms with Crippen molar-refractivity contribution >= 4 is 0 Å². The Labute approximate surface area is 137 Å². The standard InChI is InChI=1S/C18H25N3O2/c1-13(2)18-20-15(12-23-18)11-21-9-6-14(7-10-21)17(22)16-5-3-4-8-19-16/h3-5,8,12-14,17,22H,6-7,9-11H2,1-2H3. The summed E-state index contributed by atoms with van der Waals surface area (Å²) in [5.41, 5.74) is 1.78. The third kappa shape index (κ3) is 3.98. The van der Waals surface area contributed by atoms with Crippen LogP contribution >= 0.6 is 0 Å². The summed E-state index contributed by atoms with van der Waals surface area (Å²) in [4.78, 5) is 11.2. The molecule has 5 heteroatoms. The number of likely N-dealkylation sites (tertiary alicyclic amines) is 1. The summed E-state index contributed by atoms with van der Waals surface area (Å²) in [7, 11) is 0. The molecule has 1 unspecified atom stereocenters. The summed E-state index contributed by atoms with van der Waals surface area (Å²) < 4.78 is 5.50. The first-order valence-corrected chi connectivity index (χ1v) is 8.39. The molecule has 0 spiro atoms. The number of aliphatic hydroxyl groups excluding tert-OH is 1. The summed E-state index contributed by atoms with van der Waals surface area (Å²) in [6.45, 7) is 6.93. The molecule has 1 N–H and O–H groups in total. The summed E-state index contributed by atoms with van der Waals surface area (Å²) in [5, 5.41) is 10.5. The smallest absolute Gasteiger partial charge is 0.196 e. The fourth-order valence-electron chi connectivity index (χ4n) is 3.11. The lowest BCUT2D eigenvalue weighted by Gasteiger charge is -2.33. The molecule has 1 aliphatic heterocycles. The molecule has 2 aromatic rings. The fourth-order valence-corrected chi connectivity index (χ4v) is 3.11. The van der Waals surface area contributed by atoms with Crippen molar-refractivity contribution in [1.29, 1.82) is 0 Å². The zero-order chi connectivity index (χ0) is 16.2. The Bertz CT molecular complexity index is 604. The van der Waals surface area contributed by atoms with Crippen LogP contribution in [0.2, 0.25) is 0 Å². The SMILES string of the molecule is CC(C)c1nc(CN2CCC(C(O)c3ccccn3)CC2)co1. The van der Waals surface area contributed by atoms with Crippen molar-refractivity contribution in [3.8, 4) is 0 Å². The van der Waals surface area contributed by atoms with Gasteiger partial charge >= 0.3 is 0 Å². The molecule has 0 bridgehead atoms. The number of rotatable bonds is 5. The highest BCUT2D eigenvalue weighted by Crippen LogP contribution is 2.30. The highest BCUT2D eigenvalue weighted by Gasteiger charge is 2.27. The van der Waals surface area contributed by atoms with Crippen LogP contribution < -0.4 is 0 Å². The number of oxazole rings is 1. The largest absolute Gasteiger partial charge is 0.448 e. The summed E-state index contributed by atoms with van der Waals surface area (Å²) >= 11 is 0. The third-order valence-corrected chi connectivity index (χ3v) is 4.52. The van der Waals surface area contributed by atoms with E-state index >= 15 is 0 Å². The van der Waals surface area contributed by atoms with Gasteiger partial charge in [0.05, 0.1) is 17.5 Å². The molecule has 5 nitrogen and oxygen atoms in total. The van der Waals surface area contributed by atoms with Gasteiger partial charge in [-0.15, -0.1) is 0 Å². The van der Waals surface area contributed by atoms with Gasteiger partial charge in [-0.3, -0.25) is 9.88 Å². The van der Waals surface area contributed by atoms with Gasteiger partial charge in [-0.2, -0.15) is 0 Å². The van der Waals surface area contributed by atoms with Gasteiger partial charge in [0.1, 0.15) is 6.26 Å². The minimum Gasteiger partial charge on any atom is -0.448 e. The number of hydrogen-bond acceptors (Lipinski definition) is 5. The van der Waals surface area contributed by atoms with E-state index in [9.17, 15) is 5.11 Å². The van der Waals surface area contributed by atoms with Crippen LogP contribution in [0.4, 0.5) is 0 Å². The molecule has 0 amide bonds. The minimum absolute atomic E-state index is 0.282. The Morgan fingerprint density at radius 2 is 2.09 bits per heavy atom. The number of nitrogens with zero attached hydrogens (tertiary/aromatic N) is 3. The van der Waals surface area contributed by atoms with E-state index in [1.807, 2.05) is 18.2 Å². The first kappa shape index (κ1) is 16.1. The molecule has 124 valence electrons. The number of hydrogen-bond donors (Lipinski definition) is 1. The zero-order valence-corrected chi connectivity index (χ0v) is 13.9. The van der Waals surface area contributed by atoms with Crippen LogP contribution in [0.1, 0.15) is 56.0 Å². The molecule has 2 aromatic heterocycles. The fraction of sp³-hybridized carbons (Fsp3) is 0.556. The molecule has 1 atom stereocenters. The quantitative estimate of drug-likeness (QED) is 0.918. The molecular weight excluding hydrogens is 290 g/mol. The number of aromatic nitrogens is 2. The molecule has 0 saturated carbocycles.